The first-order valence-electron chi connectivity index (χ1n) is 3.53. The molecular formula is C9H3F3N2. The highest BCUT2D eigenvalue weighted by atomic mass is 19.2. The maximum atomic E-state index is 12.9. The summed E-state index contributed by atoms with van der Waals surface area (Å²) >= 11 is 0. The molecule has 0 spiro atoms. The Labute approximate surface area is 77.8 Å². The third kappa shape index (κ3) is 1.67. The molecule has 1 rings (SSSR count). The average Bonchev–Trinajstić information content (AvgIpc) is 2.15. The first-order valence-corrected chi connectivity index (χ1v) is 3.53. The number of hydrogen-bond donors (Lipinski definition) is 0. The van der Waals surface area contributed by atoms with Gasteiger partial charge in [-0.15, -0.1) is 0 Å². The minimum Gasteiger partial charge on any atom is -0.206 e. The van der Waals surface area contributed by atoms with Gasteiger partial charge in [0.2, 0.25) is 0 Å². The Morgan fingerprint density at radius 3 is 1.93 bits per heavy atom. The standard InChI is InChI=1S/C9H3F3N2/c10-7-2-9(12)8(11)1-6(7)5(3-13)4-14/h1-2,5H. The van der Waals surface area contributed by atoms with Crippen LogP contribution < -0.4 is 0 Å². The number of nitrogens with zero attached hydrogens (tertiary/aromatic N) is 2. The van der Waals surface area contributed by atoms with Gasteiger partial charge in [-0.2, -0.15) is 10.5 Å². The van der Waals surface area contributed by atoms with E-state index in [2.05, 4.69) is 0 Å². The van der Waals surface area contributed by atoms with E-state index in [0.717, 1.165) is 0 Å². The van der Waals surface area contributed by atoms with Crippen molar-refractivity contribution in [2.24, 2.45) is 0 Å². The monoisotopic (exact) mass is 196 g/mol. The molecule has 0 aromatic heterocycles. The van der Waals surface area contributed by atoms with Crippen molar-refractivity contribution in [2.45, 2.75) is 5.92 Å². The predicted octanol–water partition coefficient (Wildman–Crippen LogP) is 2.23. The highest BCUT2D eigenvalue weighted by Crippen LogP contribution is 2.21. The van der Waals surface area contributed by atoms with E-state index in [0.29, 0.717) is 12.1 Å². The summed E-state index contributed by atoms with van der Waals surface area (Å²) in [6.45, 7) is 0. The summed E-state index contributed by atoms with van der Waals surface area (Å²) in [4.78, 5) is 0. The topological polar surface area (TPSA) is 47.6 Å². The first kappa shape index (κ1) is 10.1. The molecule has 0 fully saturated rings. The van der Waals surface area contributed by atoms with Crippen molar-refractivity contribution in [3.05, 3.63) is 35.1 Å². The Morgan fingerprint density at radius 1 is 0.929 bits per heavy atom. The van der Waals surface area contributed by atoms with E-state index in [9.17, 15) is 13.2 Å². The minimum atomic E-state index is -1.43. The fourth-order valence-corrected chi connectivity index (χ4v) is 0.927. The van der Waals surface area contributed by atoms with E-state index in [1.165, 1.54) is 12.1 Å². The van der Waals surface area contributed by atoms with E-state index in [-0.39, 0.29) is 0 Å². The SMILES string of the molecule is N#CC(C#N)c1cc(F)c(F)cc1F. The minimum absolute atomic E-state index is 0.312. The van der Waals surface area contributed by atoms with Crippen molar-refractivity contribution in [2.75, 3.05) is 0 Å². The van der Waals surface area contributed by atoms with Gasteiger partial charge < -0.3 is 0 Å². The van der Waals surface area contributed by atoms with Gasteiger partial charge in [0.1, 0.15) is 5.82 Å². The molecule has 0 aliphatic carbocycles. The van der Waals surface area contributed by atoms with Gasteiger partial charge >= 0.3 is 0 Å². The van der Waals surface area contributed by atoms with Crippen molar-refractivity contribution >= 4 is 0 Å². The van der Waals surface area contributed by atoms with E-state index >= 15 is 0 Å². The lowest BCUT2D eigenvalue weighted by molar-refractivity contribution is 0.490. The van der Waals surface area contributed by atoms with Crippen LogP contribution in [0.1, 0.15) is 11.5 Å². The Kier molecular flexibility index (Phi) is 2.73. The number of halogens is 3. The van der Waals surface area contributed by atoms with Gasteiger partial charge in [0, 0.05) is 11.6 Å². The van der Waals surface area contributed by atoms with Crippen LogP contribution in [-0.4, -0.2) is 0 Å². The van der Waals surface area contributed by atoms with Gasteiger partial charge in [-0.1, -0.05) is 0 Å². The Balaban J connectivity index is 3.31. The van der Waals surface area contributed by atoms with E-state index in [1.54, 1.807) is 0 Å². The van der Waals surface area contributed by atoms with Crippen LogP contribution in [0.15, 0.2) is 12.1 Å². The molecule has 0 atom stereocenters. The molecule has 0 aliphatic rings. The second kappa shape index (κ2) is 3.80. The number of benzene rings is 1. The number of hydrogen-bond acceptors (Lipinski definition) is 2. The second-order valence-corrected chi connectivity index (χ2v) is 2.48. The molecule has 1 aromatic carbocycles. The zero-order chi connectivity index (χ0) is 10.7. The zero-order valence-corrected chi connectivity index (χ0v) is 6.76. The molecule has 0 aliphatic heterocycles. The summed E-state index contributed by atoms with van der Waals surface area (Å²) in [5.41, 5.74) is -0.450. The third-order valence-corrected chi connectivity index (χ3v) is 1.61. The molecule has 0 N–H and O–H groups in total. The summed E-state index contributed by atoms with van der Waals surface area (Å²) in [6, 6.07) is 3.76. The zero-order valence-electron chi connectivity index (χ0n) is 6.76. The number of nitriles is 2. The third-order valence-electron chi connectivity index (χ3n) is 1.61. The quantitative estimate of drug-likeness (QED) is 0.646. The maximum absolute atomic E-state index is 12.9. The van der Waals surface area contributed by atoms with Crippen LogP contribution in [0.4, 0.5) is 13.2 Å². The Morgan fingerprint density at radius 2 is 1.43 bits per heavy atom. The van der Waals surface area contributed by atoms with Gasteiger partial charge in [-0.3, -0.25) is 0 Å². The molecule has 5 heteroatoms. The van der Waals surface area contributed by atoms with Gasteiger partial charge in [0.05, 0.1) is 12.1 Å². The van der Waals surface area contributed by atoms with Crippen molar-refractivity contribution in [1.82, 2.24) is 0 Å². The predicted molar refractivity (Wildman–Crippen MR) is 40.3 cm³/mol. The highest BCUT2D eigenvalue weighted by molar-refractivity contribution is 5.33. The van der Waals surface area contributed by atoms with Crippen molar-refractivity contribution < 1.29 is 13.2 Å². The van der Waals surface area contributed by atoms with Gasteiger partial charge in [0.25, 0.3) is 0 Å². The summed E-state index contributed by atoms with van der Waals surface area (Å²) in [5.74, 6) is -5.15. The molecule has 1 aromatic rings. The Bertz CT molecular complexity index is 429. The van der Waals surface area contributed by atoms with Crippen molar-refractivity contribution in [3.63, 3.8) is 0 Å². The normalized spacial score (nSPS) is 9.57. The second-order valence-electron chi connectivity index (χ2n) is 2.48. The van der Waals surface area contributed by atoms with Gasteiger partial charge in [-0.05, 0) is 6.07 Å². The molecule has 0 bridgehead atoms. The average molecular weight is 196 g/mol. The van der Waals surface area contributed by atoms with Crippen LogP contribution in [0.2, 0.25) is 0 Å². The molecule has 0 amide bonds. The molecule has 0 heterocycles. The lowest BCUT2D eigenvalue weighted by Crippen LogP contribution is -1.99. The molecule has 14 heavy (non-hydrogen) atoms. The van der Waals surface area contributed by atoms with Gasteiger partial charge in [0.15, 0.2) is 17.6 Å². The molecule has 0 saturated carbocycles. The fourth-order valence-electron chi connectivity index (χ4n) is 0.927. The van der Waals surface area contributed by atoms with E-state index < -0.39 is 28.9 Å². The highest BCUT2D eigenvalue weighted by Gasteiger charge is 2.17. The lowest BCUT2D eigenvalue weighted by Gasteiger charge is -2.02. The van der Waals surface area contributed by atoms with Crippen LogP contribution >= 0.6 is 0 Å². The molecule has 2 nitrogen and oxygen atoms in total. The van der Waals surface area contributed by atoms with Crippen LogP contribution in [0.5, 0.6) is 0 Å². The molecule has 0 unspecified atom stereocenters. The summed E-state index contributed by atoms with van der Waals surface area (Å²) in [7, 11) is 0. The van der Waals surface area contributed by atoms with Crippen LogP contribution in [0.3, 0.4) is 0 Å². The molecular weight excluding hydrogens is 193 g/mol. The summed E-state index contributed by atoms with van der Waals surface area (Å²) in [6.07, 6.45) is 0. The van der Waals surface area contributed by atoms with Crippen molar-refractivity contribution in [1.29, 1.82) is 10.5 Å². The fraction of sp³-hybridized carbons (Fsp3) is 0.111. The van der Waals surface area contributed by atoms with Crippen LogP contribution in [-0.2, 0) is 0 Å². The molecule has 0 radical (unpaired) electrons. The van der Waals surface area contributed by atoms with E-state index in [1.807, 2.05) is 0 Å². The van der Waals surface area contributed by atoms with Crippen molar-refractivity contribution in [3.8, 4) is 12.1 Å². The Hall–Kier alpha value is -2.01. The van der Waals surface area contributed by atoms with Gasteiger partial charge in [-0.25, -0.2) is 13.2 Å². The molecule has 70 valence electrons. The number of rotatable bonds is 1. The van der Waals surface area contributed by atoms with Crippen LogP contribution in [0, 0.1) is 40.1 Å². The van der Waals surface area contributed by atoms with Crippen LogP contribution in [0.25, 0.3) is 0 Å². The first-order chi connectivity index (χ1) is 6.60. The maximum Gasteiger partial charge on any atom is 0.161 e. The van der Waals surface area contributed by atoms with E-state index in [4.69, 9.17) is 10.5 Å². The summed E-state index contributed by atoms with van der Waals surface area (Å²) < 4.78 is 38.0. The lowest BCUT2D eigenvalue weighted by atomic mass is 10.0. The smallest absolute Gasteiger partial charge is 0.161 e. The summed E-state index contributed by atoms with van der Waals surface area (Å²) in [5, 5.41) is 16.8. The molecule has 0 saturated heterocycles. The largest absolute Gasteiger partial charge is 0.206 e.